The van der Waals surface area contributed by atoms with Crippen molar-refractivity contribution in [2.24, 2.45) is 0 Å². The molecule has 0 aromatic carbocycles. The Labute approximate surface area is 116 Å². The number of rotatable bonds is 2. The molecule has 0 spiro atoms. The second kappa shape index (κ2) is 4.40. The lowest BCUT2D eigenvalue weighted by atomic mass is 10.1. The zero-order valence-corrected chi connectivity index (χ0v) is 11.0. The van der Waals surface area contributed by atoms with Crippen LogP contribution in [0.25, 0.3) is 0 Å². The zero-order chi connectivity index (χ0) is 13.5. The van der Waals surface area contributed by atoms with Crippen LogP contribution in [-0.4, -0.2) is 32.6 Å². The number of aryl methyl sites for hydroxylation is 1. The molecule has 102 valence electrons. The maximum absolute atomic E-state index is 12.6. The third-order valence-electron chi connectivity index (χ3n) is 3.90. The van der Waals surface area contributed by atoms with E-state index >= 15 is 0 Å². The number of anilines is 1. The second-order valence-electron chi connectivity index (χ2n) is 5.40. The minimum absolute atomic E-state index is 0.0466. The molecule has 0 unspecified atom stereocenters. The number of hydrogen-bond donors (Lipinski definition) is 1. The molecule has 1 aliphatic heterocycles. The maximum Gasteiger partial charge on any atom is 0.261 e. The van der Waals surface area contributed by atoms with Gasteiger partial charge in [-0.1, -0.05) is 0 Å². The van der Waals surface area contributed by atoms with Crippen LogP contribution in [0.3, 0.4) is 0 Å². The summed E-state index contributed by atoms with van der Waals surface area (Å²) in [6, 6.07) is 0. The lowest BCUT2D eigenvalue weighted by Gasteiger charge is -2.26. The molecule has 0 saturated heterocycles. The highest BCUT2D eigenvalue weighted by Gasteiger charge is 2.28. The fourth-order valence-corrected chi connectivity index (χ4v) is 2.63. The molecule has 2 aromatic heterocycles. The highest BCUT2D eigenvalue weighted by molar-refractivity contribution is 6.06. The molecular formula is C14H15N5O. The maximum atomic E-state index is 12.6. The smallest absolute Gasteiger partial charge is 0.261 e. The van der Waals surface area contributed by atoms with Gasteiger partial charge in [-0.2, -0.15) is 5.10 Å². The van der Waals surface area contributed by atoms with Gasteiger partial charge < -0.3 is 4.90 Å². The zero-order valence-electron chi connectivity index (χ0n) is 11.0. The van der Waals surface area contributed by atoms with Gasteiger partial charge >= 0.3 is 0 Å². The number of nitrogens with zero attached hydrogens (tertiary/aromatic N) is 4. The van der Waals surface area contributed by atoms with Crippen LogP contribution in [0, 0.1) is 0 Å². The number of fused-ring (bicyclic) bond motifs is 1. The summed E-state index contributed by atoms with van der Waals surface area (Å²) in [7, 11) is 0. The highest BCUT2D eigenvalue weighted by Crippen LogP contribution is 2.37. The van der Waals surface area contributed by atoms with Crippen LogP contribution in [-0.2, 0) is 6.42 Å². The molecule has 2 aromatic rings. The minimum atomic E-state index is -0.0466. The normalized spacial score (nSPS) is 17.9. The van der Waals surface area contributed by atoms with Crippen molar-refractivity contribution in [1.29, 1.82) is 0 Å². The van der Waals surface area contributed by atoms with Gasteiger partial charge in [0.05, 0.1) is 23.1 Å². The van der Waals surface area contributed by atoms with Gasteiger partial charge in [-0.25, -0.2) is 9.97 Å². The fourth-order valence-electron chi connectivity index (χ4n) is 2.63. The third-order valence-corrected chi connectivity index (χ3v) is 3.90. The lowest BCUT2D eigenvalue weighted by molar-refractivity contribution is 0.0984. The van der Waals surface area contributed by atoms with E-state index in [9.17, 15) is 4.79 Å². The Bertz CT molecular complexity index is 644. The van der Waals surface area contributed by atoms with E-state index in [0.717, 1.165) is 49.4 Å². The topological polar surface area (TPSA) is 74.8 Å². The van der Waals surface area contributed by atoms with Crippen LogP contribution in [0.1, 0.15) is 47.1 Å². The number of carbonyl (C=O) groups is 1. The summed E-state index contributed by atoms with van der Waals surface area (Å²) in [5, 5.41) is 6.98. The van der Waals surface area contributed by atoms with Gasteiger partial charge in [0.15, 0.2) is 0 Å². The molecule has 0 atom stereocenters. The summed E-state index contributed by atoms with van der Waals surface area (Å²) >= 11 is 0. The first-order valence-electron chi connectivity index (χ1n) is 6.99. The van der Waals surface area contributed by atoms with Crippen molar-refractivity contribution in [3.05, 3.63) is 35.7 Å². The Balaban J connectivity index is 1.61. The van der Waals surface area contributed by atoms with Crippen molar-refractivity contribution in [3.63, 3.8) is 0 Å². The van der Waals surface area contributed by atoms with Crippen LogP contribution in [0.4, 0.5) is 5.69 Å². The van der Waals surface area contributed by atoms with Crippen molar-refractivity contribution in [2.45, 2.75) is 31.6 Å². The van der Waals surface area contributed by atoms with Crippen LogP contribution in [0.15, 0.2) is 18.6 Å². The summed E-state index contributed by atoms with van der Waals surface area (Å²) < 4.78 is 0. The van der Waals surface area contributed by atoms with Crippen molar-refractivity contribution in [1.82, 2.24) is 20.2 Å². The summed E-state index contributed by atoms with van der Waals surface area (Å²) in [6.07, 6.45) is 9.23. The van der Waals surface area contributed by atoms with E-state index in [1.54, 1.807) is 23.5 Å². The number of carbonyl (C=O) groups excluding carboxylic acids is 1. The number of nitrogens with one attached hydrogen (secondary N) is 1. The number of H-pyrrole nitrogens is 1. The lowest BCUT2D eigenvalue weighted by Crippen LogP contribution is -2.35. The Morgan fingerprint density at radius 1 is 1.25 bits per heavy atom. The van der Waals surface area contributed by atoms with E-state index in [1.165, 1.54) is 0 Å². The molecule has 1 N–H and O–H groups in total. The van der Waals surface area contributed by atoms with Gasteiger partial charge in [0.1, 0.15) is 5.82 Å². The Morgan fingerprint density at radius 2 is 2.05 bits per heavy atom. The molecule has 1 fully saturated rings. The van der Waals surface area contributed by atoms with Gasteiger partial charge in [-0.15, -0.1) is 0 Å². The number of aromatic nitrogens is 4. The molecule has 1 amide bonds. The van der Waals surface area contributed by atoms with Crippen molar-refractivity contribution < 1.29 is 4.79 Å². The molecule has 6 nitrogen and oxygen atoms in total. The molecule has 0 bridgehead atoms. The predicted molar refractivity (Wildman–Crippen MR) is 72.6 cm³/mol. The summed E-state index contributed by atoms with van der Waals surface area (Å²) in [4.78, 5) is 23.0. The van der Waals surface area contributed by atoms with E-state index in [2.05, 4.69) is 20.2 Å². The van der Waals surface area contributed by atoms with Gasteiger partial charge in [0.25, 0.3) is 5.91 Å². The molecule has 3 heterocycles. The minimum Gasteiger partial charge on any atom is -0.305 e. The van der Waals surface area contributed by atoms with Crippen molar-refractivity contribution in [3.8, 4) is 0 Å². The second-order valence-corrected chi connectivity index (χ2v) is 5.40. The van der Waals surface area contributed by atoms with Crippen molar-refractivity contribution >= 4 is 11.6 Å². The van der Waals surface area contributed by atoms with E-state index < -0.39 is 0 Å². The van der Waals surface area contributed by atoms with E-state index in [1.807, 2.05) is 0 Å². The molecule has 20 heavy (non-hydrogen) atoms. The predicted octanol–water partition coefficient (Wildman–Crippen LogP) is 1.67. The summed E-state index contributed by atoms with van der Waals surface area (Å²) in [5.41, 5.74) is 2.45. The summed E-state index contributed by atoms with van der Waals surface area (Å²) in [5.74, 6) is 1.33. The first-order valence-corrected chi connectivity index (χ1v) is 6.99. The number of amides is 1. The quantitative estimate of drug-likeness (QED) is 0.900. The SMILES string of the molecule is O=C(c1cnc(C2CC2)nc1)N1CCCc2[nH]ncc21. The molecule has 0 radical (unpaired) electrons. The Hall–Kier alpha value is -2.24. The van der Waals surface area contributed by atoms with Crippen LogP contribution >= 0.6 is 0 Å². The third kappa shape index (κ3) is 1.88. The largest absolute Gasteiger partial charge is 0.305 e. The molecule has 6 heteroatoms. The average Bonchev–Trinajstić information content (AvgIpc) is 3.23. The molecule has 1 aliphatic carbocycles. The van der Waals surface area contributed by atoms with Gasteiger partial charge in [0.2, 0.25) is 0 Å². The molecular weight excluding hydrogens is 254 g/mol. The van der Waals surface area contributed by atoms with Crippen LogP contribution in [0.2, 0.25) is 0 Å². The van der Waals surface area contributed by atoms with Crippen molar-refractivity contribution in [2.75, 3.05) is 11.4 Å². The van der Waals surface area contributed by atoms with Crippen LogP contribution < -0.4 is 4.90 Å². The molecule has 1 saturated carbocycles. The fraction of sp³-hybridized carbons (Fsp3) is 0.429. The monoisotopic (exact) mass is 269 g/mol. The van der Waals surface area contributed by atoms with Gasteiger partial charge in [0, 0.05) is 24.9 Å². The number of hydrogen-bond acceptors (Lipinski definition) is 4. The van der Waals surface area contributed by atoms with E-state index in [0.29, 0.717) is 11.5 Å². The standard InChI is InChI=1S/C14H15N5O/c20-14(10-6-15-13(16-7-10)9-3-4-9)19-5-1-2-11-12(19)8-17-18-11/h6-9H,1-5H2,(H,17,18). The van der Waals surface area contributed by atoms with Gasteiger partial charge in [-0.05, 0) is 25.7 Å². The highest BCUT2D eigenvalue weighted by atomic mass is 16.2. The first kappa shape index (κ1) is 11.6. The van der Waals surface area contributed by atoms with E-state index in [-0.39, 0.29) is 5.91 Å². The van der Waals surface area contributed by atoms with Gasteiger partial charge in [-0.3, -0.25) is 9.89 Å². The number of aromatic amines is 1. The summed E-state index contributed by atoms with van der Waals surface area (Å²) in [6.45, 7) is 0.718. The van der Waals surface area contributed by atoms with Crippen LogP contribution in [0.5, 0.6) is 0 Å². The first-order chi connectivity index (χ1) is 9.83. The molecule has 2 aliphatic rings. The Kier molecular flexibility index (Phi) is 2.55. The molecule has 4 rings (SSSR count). The Morgan fingerprint density at radius 3 is 2.80 bits per heavy atom. The average molecular weight is 269 g/mol. The van der Waals surface area contributed by atoms with E-state index in [4.69, 9.17) is 0 Å².